The maximum atomic E-state index is 15.2. The van der Waals surface area contributed by atoms with Gasteiger partial charge in [0, 0.05) is 17.8 Å². The summed E-state index contributed by atoms with van der Waals surface area (Å²) in [6, 6.07) is 8.92. The van der Waals surface area contributed by atoms with Crippen molar-refractivity contribution in [1.82, 2.24) is 15.0 Å². The lowest BCUT2D eigenvalue weighted by atomic mass is 9.88. The van der Waals surface area contributed by atoms with Crippen LogP contribution in [0, 0.1) is 11.6 Å². The molecule has 9 nitrogen and oxygen atoms in total. The number of carbonyl (C=O) groups excluding carboxylic acids is 2. The molecule has 0 saturated carbocycles. The first-order valence-corrected chi connectivity index (χ1v) is 15.0. The van der Waals surface area contributed by atoms with E-state index in [1.54, 1.807) is 32.9 Å². The average Bonchev–Trinajstić information content (AvgIpc) is 2.87. The van der Waals surface area contributed by atoms with Crippen molar-refractivity contribution < 1.29 is 36.3 Å². The molecule has 1 heterocycles. The molecule has 1 aromatic heterocycles. The number of carbonyl (C=O) groups is 2. The molecule has 0 spiro atoms. The Morgan fingerprint density at radius 2 is 1.67 bits per heavy atom. The zero-order valence-electron chi connectivity index (χ0n) is 25.5. The fourth-order valence-electron chi connectivity index (χ4n) is 4.52. The van der Waals surface area contributed by atoms with Crippen molar-refractivity contribution in [3.05, 3.63) is 77.0 Å². The van der Waals surface area contributed by atoms with Crippen LogP contribution in [0.25, 0.3) is 11.1 Å². The first-order chi connectivity index (χ1) is 19.8. The molecule has 0 aliphatic rings. The molecule has 3 aromatic rings. The summed E-state index contributed by atoms with van der Waals surface area (Å²) in [6.07, 6.45) is 0.303. The van der Waals surface area contributed by atoms with Crippen LogP contribution in [0.2, 0.25) is 0 Å². The van der Waals surface area contributed by atoms with E-state index in [9.17, 15) is 22.4 Å². The molecule has 0 aliphatic carbocycles. The predicted octanol–water partition coefficient (Wildman–Crippen LogP) is 5.97. The van der Waals surface area contributed by atoms with Gasteiger partial charge in [-0.2, -0.15) is 0 Å². The summed E-state index contributed by atoms with van der Waals surface area (Å²) in [5.74, 6) is -2.25. The third kappa shape index (κ3) is 8.50. The molecular formula is C31H37F2N3O6S. The van der Waals surface area contributed by atoms with Crippen LogP contribution in [-0.2, 0) is 31.5 Å². The third-order valence-corrected chi connectivity index (χ3v) is 7.82. The second kappa shape index (κ2) is 12.7. The molecule has 232 valence electrons. The highest BCUT2D eigenvalue weighted by molar-refractivity contribution is 7.90. The fourth-order valence-corrected chi connectivity index (χ4v) is 5.51. The number of sulfonamides is 1. The Hall–Kier alpha value is -4.06. The smallest absolute Gasteiger partial charge is 0.408 e. The Morgan fingerprint density at radius 3 is 2.26 bits per heavy atom. The molecular weight excluding hydrogens is 580 g/mol. The number of hydrogen-bond acceptors (Lipinski definition) is 7. The minimum absolute atomic E-state index is 0.00828. The molecule has 0 unspecified atom stereocenters. The van der Waals surface area contributed by atoms with Crippen molar-refractivity contribution in [3.63, 3.8) is 0 Å². The topological polar surface area (TPSA) is 124 Å². The quantitative estimate of drug-likeness (QED) is 0.303. The van der Waals surface area contributed by atoms with E-state index in [1.165, 1.54) is 45.4 Å². The SMILES string of the molecule is COc1cc(-c2cc(F)cc(C(C)C)c2CC(=O)NS(=O)(=O)c2ccc(C(C)(C)NC(=O)OC(C)(C)C)c(F)c2)ccn1. The summed E-state index contributed by atoms with van der Waals surface area (Å²) in [5.41, 5.74) is -0.160. The summed E-state index contributed by atoms with van der Waals surface area (Å²) in [5, 5.41) is 2.57. The molecule has 2 amide bonds. The Labute approximate surface area is 251 Å². The van der Waals surface area contributed by atoms with E-state index >= 15 is 4.39 Å². The third-order valence-electron chi connectivity index (χ3n) is 6.45. The van der Waals surface area contributed by atoms with E-state index in [-0.39, 0.29) is 17.4 Å². The van der Waals surface area contributed by atoms with E-state index in [0.29, 0.717) is 22.3 Å². The second-order valence-electron chi connectivity index (χ2n) is 11.9. The van der Waals surface area contributed by atoms with Gasteiger partial charge in [-0.1, -0.05) is 19.9 Å². The maximum Gasteiger partial charge on any atom is 0.408 e. The molecule has 0 saturated heterocycles. The summed E-state index contributed by atoms with van der Waals surface area (Å²) in [7, 11) is -3.06. The van der Waals surface area contributed by atoms with Crippen LogP contribution in [0.5, 0.6) is 5.88 Å². The number of nitrogens with one attached hydrogen (secondary N) is 2. The number of benzene rings is 2. The maximum absolute atomic E-state index is 15.2. The summed E-state index contributed by atoms with van der Waals surface area (Å²) in [6.45, 7) is 11.8. The summed E-state index contributed by atoms with van der Waals surface area (Å²) in [4.78, 5) is 29.0. The van der Waals surface area contributed by atoms with Gasteiger partial charge < -0.3 is 14.8 Å². The normalized spacial score (nSPS) is 12.2. The van der Waals surface area contributed by atoms with Gasteiger partial charge in [0.2, 0.25) is 11.8 Å². The van der Waals surface area contributed by atoms with Crippen molar-refractivity contribution in [2.45, 2.75) is 76.8 Å². The Morgan fingerprint density at radius 1 is 1.00 bits per heavy atom. The van der Waals surface area contributed by atoms with Crippen LogP contribution in [0.3, 0.4) is 0 Å². The Balaban J connectivity index is 1.89. The van der Waals surface area contributed by atoms with Gasteiger partial charge >= 0.3 is 6.09 Å². The number of amides is 2. The van der Waals surface area contributed by atoms with Crippen molar-refractivity contribution in [3.8, 4) is 17.0 Å². The molecule has 2 aromatic carbocycles. The average molecular weight is 618 g/mol. The highest BCUT2D eigenvalue weighted by atomic mass is 32.2. The fraction of sp³-hybridized carbons (Fsp3) is 0.387. The number of aromatic nitrogens is 1. The Kier molecular flexibility index (Phi) is 9.85. The van der Waals surface area contributed by atoms with Crippen LogP contribution < -0.4 is 14.8 Å². The number of pyridine rings is 1. The van der Waals surface area contributed by atoms with Crippen LogP contribution in [0.15, 0.2) is 53.6 Å². The lowest BCUT2D eigenvalue weighted by Gasteiger charge is -2.29. The molecule has 3 rings (SSSR count). The van der Waals surface area contributed by atoms with Gasteiger partial charge in [-0.15, -0.1) is 0 Å². The molecule has 0 atom stereocenters. The van der Waals surface area contributed by atoms with E-state index < -0.39 is 56.1 Å². The van der Waals surface area contributed by atoms with Gasteiger partial charge in [0.05, 0.1) is 24.0 Å². The largest absolute Gasteiger partial charge is 0.481 e. The number of hydrogen-bond donors (Lipinski definition) is 2. The lowest BCUT2D eigenvalue weighted by Crippen LogP contribution is -2.44. The number of nitrogens with zero attached hydrogens (tertiary/aromatic N) is 1. The van der Waals surface area contributed by atoms with Gasteiger partial charge in [0.1, 0.15) is 17.2 Å². The summed E-state index contributed by atoms with van der Waals surface area (Å²) < 4.78 is 68.5. The molecule has 0 radical (unpaired) electrons. The van der Waals surface area contributed by atoms with E-state index in [4.69, 9.17) is 9.47 Å². The standard InChI is InChI=1S/C31H37F2N3O6S/c1-18(2)22-14-20(32)15-23(19-11-12-34-28(13-19)41-8)24(22)17-27(37)36-43(39,40)21-9-10-25(26(33)16-21)31(6,7)35-29(38)42-30(3,4)5/h9-16,18H,17H2,1-8H3,(H,35,38)(H,36,37). The van der Waals surface area contributed by atoms with Crippen LogP contribution in [0.1, 0.15) is 71.1 Å². The van der Waals surface area contributed by atoms with Crippen LogP contribution in [-0.4, -0.2) is 38.1 Å². The number of alkyl carbamates (subject to hydrolysis) is 1. The first-order valence-electron chi connectivity index (χ1n) is 13.5. The van der Waals surface area contributed by atoms with Gasteiger partial charge in [0.15, 0.2) is 0 Å². The zero-order chi connectivity index (χ0) is 32.3. The number of methoxy groups -OCH3 is 1. The number of ether oxygens (including phenoxy) is 2. The van der Waals surface area contributed by atoms with Gasteiger partial charge in [-0.05, 0) is 93.1 Å². The molecule has 0 aliphatic heterocycles. The van der Waals surface area contributed by atoms with Crippen molar-refractivity contribution in [2.24, 2.45) is 0 Å². The van der Waals surface area contributed by atoms with Crippen LogP contribution in [0.4, 0.5) is 13.6 Å². The van der Waals surface area contributed by atoms with Gasteiger partial charge in [-0.3, -0.25) is 4.79 Å². The highest BCUT2D eigenvalue weighted by Crippen LogP contribution is 2.33. The monoisotopic (exact) mass is 617 g/mol. The summed E-state index contributed by atoms with van der Waals surface area (Å²) >= 11 is 0. The Bertz CT molecular complexity index is 1630. The van der Waals surface area contributed by atoms with E-state index in [1.807, 2.05) is 18.6 Å². The number of rotatable bonds is 9. The van der Waals surface area contributed by atoms with E-state index in [2.05, 4.69) is 10.3 Å². The van der Waals surface area contributed by atoms with Gasteiger partial charge in [-0.25, -0.2) is 31.7 Å². The molecule has 0 bridgehead atoms. The van der Waals surface area contributed by atoms with Crippen molar-refractivity contribution in [2.75, 3.05) is 7.11 Å². The predicted molar refractivity (Wildman–Crippen MR) is 158 cm³/mol. The lowest BCUT2D eigenvalue weighted by molar-refractivity contribution is -0.118. The minimum Gasteiger partial charge on any atom is -0.481 e. The van der Waals surface area contributed by atoms with Crippen molar-refractivity contribution in [1.29, 1.82) is 0 Å². The van der Waals surface area contributed by atoms with E-state index in [0.717, 1.165) is 12.1 Å². The molecule has 0 fully saturated rings. The molecule has 43 heavy (non-hydrogen) atoms. The first kappa shape index (κ1) is 33.4. The zero-order valence-corrected chi connectivity index (χ0v) is 26.3. The minimum atomic E-state index is -4.50. The number of halogens is 2. The highest BCUT2D eigenvalue weighted by Gasteiger charge is 2.30. The molecule has 12 heteroatoms. The second-order valence-corrected chi connectivity index (χ2v) is 13.5. The molecule has 2 N–H and O–H groups in total. The van der Waals surface area contributed by atoms with Crippen molar-refractivity contribution >= 4 is 22.0 Å². The van der Waals surface area contributed by atoms with Gasteiger partial charge in [0.25, 0.3) is 10.0 Å². The van der Waals surface area contributed by atoms with Crippen LogP contribution >= 0.6 is 0 Å².